The van der Waals surface area contributed by atoms with Gasteiger partial charge in [0.1, 0.15) is 5.82 Å². The van der Waals surface area contributed by atoms with Crippen molar-refractivity contribution in [3.8, 4) is 0 Å². The molecule has 1 aromatic carbocycles. The van der Waals surface area contributed by atoms with Crippen LogP contribution >= 0.6 is 0 Å². The van der Waals surface area contributed by atoms with Crippen LogP contribution in [0, 0.1) is 11.7 Å². The fourth-order valence-corrected chi connectivity index (χ4v) is 2.92. The van der Waals surface area contributed by atoms with Crippen LogP contribution in [0.2, 0.25) is 0 Å². The molecule has 0 saturated carbocycles. The van der Waals surface area contributed by atoms with Gasteiger partial charge in [0, 0.05) is 24.7 Å². The molecule has 0 radical (unpaired) electrons. The van der Waals surface area contributed by atoms with Gasteiger partial charge in [-0.25, -0.2) is 4.39 Å². The second-order valence-electron chi connectivity index (χ2n) is 5.38. The maximum Gasteiger partial charge on any atom is 0.310 e. The van der Waals surface area contributed by atoms with Crippen molar-refractivity contribution < 1.29 is 13.9 Å². The van der Waals surface area contributed by atoms with Gasteiger partial charge in [-0.3, -0.25) is 14.7 Å². The summed E-state index contributed by atoms with van der Waals surface area (Å²) in [7, 11) is 1.41. The Kier molecular flexibility index (Phi) is 3.84. The van der Waals surface area contributed by atoms with E-state index < -0.39 is 0 Å². The number of halogens is 1. The van der Waals surface area contributed by atoms with Crippen molar-refractivity contribution in [2.75, 3.05) is 20.2 Å². The number of nitrogens with zero attached hydrogens (tertiary/aromatic N) is 2. The van der Waals surface area contributed by atoms with Crippen LogP contribution in [0.3, 0.4) is 0 Å². The lowest BCUT2D eigenvalue weighted by molar-refractivity contribution is -0.144. The smallest absolute Gasteiger partial charge is 0.310 e. The Hall–Kier alpha value is -2.01. The number of carbonyl (C=O) groups is 1. The summed E-state index contributed by atoms with van der Waals surface area (Å²) in [5, 5.41) is 0.802. The molecule has 0 spiro atoms. The Balaban J connectivity index is 1.81. The third-order valence-corrected chi connectivity index (χ3v) is 3.95. The zero-order chi connectivity index (χ0) is 14.8. The lowest BCUT2D eigenvalue weighted by atomic mass is 10.1. The topological polar surface area (TPSA) is 42.4 Å². The van der Waals surface area contributed by atoms with Crippen LogP contribution in [0.25, 0.3) is 10.9 Å². The molecule has 0 N–H and O–H groups in total. The molecule has 1 unspecified atom stereocenters. The van der Waals surface area contributed by atoms with Gasteiger partial charge >= 0.3 is 5.97 Å². The van der Waals surface area contributed by atoms with Crippen LogP contribution in [-0.2, 0) is 16.1 Å². The molecule has 1 saturated heterocycles. The number of benzene rings is 1. The highest BCUT2D eigenvalue weighted by molar-refractivity contribution is 5.81. The Morgan fingerprint density at radius 3 is 3.19 bits per heavy atom. The zero-order valence-electron chi connectivity index (χ0n) is 11.9. The first kappa shape index (κ1) is 13.9. The third kappa shape index (κ3) is 2.88. The van der Waals surface area contributed by atoms with Crippen molar-refractivity contribution in [2.24, 2.45) is 5.92 Å². The Labute approximate surface area is 122 Å². The summed E-state index contributed by atoms with van der Waals surface area (Å²) in [6.07, 6.45) is 2.50. The average Bonchev–Trinajstić information content (AvgIpc) is 2.95. The molecule has 1 aliphatic heterocycles. The highest BCUT2D eigenvalue weighted by Crippen LogP contribution is 2.24. The summed E-state index contributed by atoms with van der Waals surface area (Å²) in [5.41, 5.74) is 1.68. The van der Waals surface area contributed by atoms with E-state index >= 15 is 0 Å². The lowest BCUT2D eigenvalue weighted by Crippen LogP contribution is -2.23. The van der Waals surface area contributed by atoms with E-state index in [1.165, 1.54) is 19.2 Å². The van der Waals surface area contributed by atoms with E-state index in [-0.39, 0.29) is 17.7 Å². The maximum absolute atomic E-state index is 13.7. The molecule has 0 amide bonds. The molecule has 4 nitrogen and oxygen atoms in total. The number of hydrogen-bond donors (Lipinski definition) is 0. The van der Waals surface area contributed by atoms with Crippen molar-refractivity contribution in [1.29, 1.82) is 0 Å². The minimum absolute atomic E-state index is 0.0808. The fraction of sp³-hybridized carbons (Fsp3) is 0.375. The molecule has 0 aliphatic carbocycles. The van der Waals surface area contributed by atoms with Crippen LogP contribution in [0.5, 0.6) is 0 Å². The van der Waals surface area contributed by atoms with Crippen LogP contribution in [0.1, 0.15) is 12.0 Å². The van der Waals surface area contributed by atoms with Gasteiger partial charge in [-0.15, -0.1) is 0 Å². The van der Waals surface area contributed by atoms with Crippen LogP contribution in [0.4, 0.5) is 4.39 Å². The number of pyridine rings is 1. The number of fused-ring (bicyclic) bond motifs is 1. The van der Waals surface area contributed by atoms with Gasteiger partial charge in [-0.1, -0.05) is 6.07 Å². The quantitative estimate of drug-likeness (QED) is 0.813. The van der Waals surface area contributed by atoms with Crippen molar-refractivity contribution in [2.45, 2.75) is 13.0 Å². The number of methoxy groups -OCH3 is 1. The predicted octanol–water partition coefficient (Wildman–Crippen LogP) is 2.37. The largest absolute Gasteiger partial charge is 0.469 e. The van der Waals surface area contributed by atoms with Gasteiger partial charge < -0.3 is 4.74 Å². The summed E-state index contributed by atoms with van der Waals surface area (Å²) in [5.74, 6) is -0.503. The van der Waals surface area contributed by atoms with Crippen LogP contribution < -0.4 is 0 Å². The van der Waals surface area contributed by atoms with E-state index in [0.717, 1.165) is 29.4 Å². The van der Waals surface area contributed by atoms with Crippen molar-refractivity contribution in [3.05, 3.63) is 41.8 Å². The minimum atomic E-state index is -0.255. The number of rotatable bonds is 3. The SMILES string of the molecule is COC(=O)C1CCN(Cc2cc(F)cc3cccnc23)C1. The van der Waals surface area contributed by atoms with Gasteiger partial charge in [-0.2, -0.15) is 0 Å². The van der Waals surface area contributed by atoms with Gasteiger partial charge in [0.25, 0.3) is 0 Å². The summed E-state index contributed by atoms with van der Waals surface area (Å²) < 4.78 is 18.5. The third-order valence-electron chi connectivity index (χ3n) is 3.95. The second kappa shape index (κ2) is 5.77. The van der Waals surface area contributed by atoms with Gasteiger partial charge in [0.2, 0.25) is 0 Å². The first-order chi connectivity index (χ1) is 10.2. The molecule has 110 valence electrons. The number of hydrogen-bond acceptors (Lipinski definition) is 4. The van der Waals surface area contributed by atoms with E-state index in [4.69, 9.17) is 4.74 Å². The fourth-order valence-electron chi connectivity index (χ4n) is 2.92. The monoisotopic (exact) mass is 288 g/mol. The molecule has 3 rings (SSSR count). The van der Waals surface area contributed by atoms with E-state index in [9.17, 15) is 9.18 Å². The molecule has 5 heteroatoms. The maximum atomic E-state index is 13.7. The molecule has 1 aliphatic rings. The molecule has 21 heavy (non-hydrogen) atoms. The Bertz CT molecular complexity index is 674. The molecule has 0 bridgehead atoms. The highest BCUT2D eigenvalue weighted by atomic mass is 19.1. The van der Waals surface area contributed by atoms with Crippen molar-refractivity contribution in [3.63, 3.8) is 0 Å². The highest BCUT2D eigenvalue weighted by Gasteiger charge is 2.29. The van der Waals surface area contributed by atoms with Gasteiger partial charge in [0.05, 0.1) is 18.5 Å². The molecular formula is C16H17FN2O2. The number of esters is 1. The number of ether oxygens (including phenoxy) is 1. The van der Waals surface area contributed by atoms with Gasteiger partial charge in [-0.05, 0) is 36.7 Å². The first-order valence-corrected chi connectivity index (χ1v) is 7.00. The first-order valence-electron chi connectivity index (χ1n) is 7.00. The standard InChI is InChI=1S/C16H17FN2O2/c1-21-16(20)12-4-6-19(9-12)10-13-8-14(17)7-11-3-2-5-18-15(11)13/h2-3,5,7-8,12H,4,6,9-10H2,1H3. The summed E-state index contributed by atoms with van der Waals surface area (Å²) in [6, 6.07) is 6.68. The molecule has 2 aromatic rings. The van der Waals surface area contributed by atoms with E-state index in [1.807, 2.05) is 6.07 Å². The molecular weight excluding hydrogens is 271 g/mol. The molecule has 1 fully saturated rings. The summed E-state index contributed by atoms with van der Waals surface area (Å²) >= 11 is 0. The van der Waals surface area contributed by atoms with Crippen LogP contribution in [0.15, 0.2) is 30.5 Å². The molecule has 1 atom stereocenters. The number of aromatic nitrogens is 1. The normalized spacial score (nSPS) is 19.0. The van der Waals surface area contributed by atoms with Gasteiger partial charge in [0.15, 0.2) is 0 Å². The Morgan fingerprint density at radius 1 is 1.52 bits per heavy atom. The van der Waals surface area contributed by atoms with Crippen molar-refractivity contribution >= 4 is 16.9 Å². The minimum Gasteiger partial charge on any atom is -0.469 e. The van der Waals surface area contributed by atoms with E-state index in [0.29, 0.717) is 13.1 Å². The lowest BCUT2D eigenvalue weighted by Gasteiger charge is -2.16. The van der Waals surface area contributed by atoms with Crippen LogP contribution in [-0.4, -0.2) is 36.1 Å². The Morgan fingerprint density at radius 2 is 2.38 bits per heavy atom. The second-order valence-corrected chi connectivity index (χ2v) is 5.38. The average molecular weight is 288 g/mol. The summed E-state index contributed by atoms with van der Waals surface area (Å²) in [4.78, 5) is 18.1. The number of carbonyl (C=O) groups excluding carboxylic acids is 1. The van der Waals surface area contributed by atoms with E-state index in [2.05, 4.69) is 9.88 Å². The number of likely N-dealkylation sites (tertiary alicyclic amines) is 1. The summed E-state index contributed by atoms with van der Waals surface area (Å²) in [6.45, 7) is 2.06. The zero-order valence-corrected chi connectivity index (χ0v) is 11.9. The van der Waals surface area contributed by atoms with E-state index in [1.54, 1.807) is 12.3 Å². The van der Waals surface area contributed by atoms with Crippen molar-refractivity contribution in [1.82, 2.24) is 9.88 Å². The molecule has 1 aromatic heterocycles. The predicted molar refractivity (Wildman–Crippen MR) is 77.1 cm³/mol. The molecule has 2 heterocycles.